The van der Waals surface area contributed by atoms with E-state index < -0.39 is 0 Å². The fourth-order valence-corrected chi connectivity index (χ4v) is 9.48. The Hall–Kier alpha value is 1.35. The molecule has 12 heavy (non-hydrogen) atoms. The maximum atomic E-state index is 5.49. The zero-order valence-corrected chi connectivity index (χ0v) is 11.4. The van der Waals surface area contributed by atoms with Gasteiger partial charge in [0.25, 0.3) is 0 Å². The van der Waals surface area contributed by atoms with Crippen molar-refractivity contribution in [3.8, 4) is 0 Å². The second kappa shape index (κ2) is 4.72. The van der Waals surface area contributed by atoms with Gasteiger partial charge in [0.2, 0.25) is 0 Å². The van der Waals surface area contributed by atoms with E-state index in [1.165, 1.54) is 12.3 Å². The molecule has 0 aromatic heterocycles. The Morgan fingerprint density at radius 3 is 1.75 bits per heavy atom. The smallest absolute Gasteiger partial charge is 0.0286 e. The van der Waals surface area contributed by atoms with E-state index in [2.05, 4.69) is 35.6 Å². The van der Waals surface area contributed by atoms with Crippen LogP contribution in [0.3, 0.4) is 0 Å². The van der Waals surface area contributed by atoms with Gasteiger partial charge in [-0.25, -0.2) is 8.15 Å². The average Bonchev–Trinajstić information content (AvgIpc) is 2.14. The highest BCUT2D eigenvalue weighted by molar-refractivity contribution is 8.29. The first-order valence-corrected chi connectivity index (χ1v) is 9.77. The lowest BCUT2D eigenvalue weighted by Gasteiger charge is -2.28. The topological polar surface area (TPSA) is 6.48 Å². The van der Waals surface area contributed by atoms with Gasteiger partial charge in [-0.2, -0.15) is 0 Å². The quantitative estimate of drug-likeness (QED) is 0.598. The third kappa shape index (κ3) is 2.43. The summed E-state index contributed by atoms with van der Waals surface area (Å²) in [5.41, 5.74) is 0. The molecule has 0 N–H and O–H groups in total. The molecule has 1 aliphatic heterocycles. The van der Waals surface area contributed by atoms with Gasteiger partial charge in [0.05, 0.1) is 0 Å². The highest BCUT2D eigenvalue weighted by Gasteiger charge is 2.24. The summed E-state index contributed by atoms with van der Waals surface area (Å²) in [7, 11) is 4.39. The van der Waals surface area contributed by atoms with Gasteiger partial charge in [-0.15, -0.1) is 0 Å². The van der Waals surface area contributed by atoms with Crippen LogP contribution < -0.4 is 0 Å². The molecule has 0 aromatic carbocycles. The van der Waals surface area contributed by atoms with Crippen LogP contribution in [0, 0.1) is 0 Å². The van der Waals surface area contributed by atoms with Crippen LogP contribution in [-0.2, 0) is 21.0 Å². The van der Waals surface area contributed by atoms with E-state index in [1.807, 2.05) is 0 Å². The molecule has 0 saturated carbocycles. The van der Waals surface area contributed by atoms with Crippen molar-refractivity contribution in [2.45, 2.75) is 0 Å². The van der Waals surface area contributed by atoms with Crippen molar-refractivity contribution in [3.63, 3.8) is 0 Å². The molecule has 1 fully saturated rings. The number of rotatable bonds is 0. The zero-order chi connectivity index (χ0) is 9.30. The molecule has 0 bridgehead atoms. The maximum Gasteiger partial charge on any atom is 0.0286 e. The molecule has 2 nitrogen and oxygen atoms in total. The van der Waals surface area contributed by atoms with Crippen molar-refractivity contribution in [2.24, 2.45) is 0 Å². The van der Waals surface area contributed by atoms with Crippen LogP contribution in [0.25, 0.3) is 0 Å². The molecule has 0 spiro atoms. The molecule has 1 heterocycles. The van der Waals surface area contributed by atoms with Crippen molar-refractivity contribution >= 4 is 37.2 Å². The van der Waals surface area contributed by atoms with Crippen molar-refractivity contribution in [1.82, 2.24) is 8.15 Å². The third-order valence-electron chi connectivity index (χ3n) is 2.16. The summed E-state index contributed by atoms with van der Waals surface area (Å²) in [4.78, 5) is 0. The van der Waals surface area contributed by atoms with E-state index in [-0.39, 0.29) is 26.0 Å². The van der Waals surface area contributed by atoms with Gasteiger partial charge in [-0.05, 0) is 53.0 Å². The molecule has 0 aromatic rings. The van der Waals surface area contributed by atoms with E-state index in [0.717, 1.165) is 0 Å². The van der Waals surface area contributed by atoms with Crippen LogP contribution in [0.15, 0.2) is 0 Å². The van der Waals surface area contributed by atoms with Crippen LogP contribution in [0.4, 0.5) is 0 Å². The minimum Gasteiger partial charge on any atom is -0.216 e. The predicted molar refractivity (Wildman–Crippen MR) is 65.7 cm³/mol. The van der Waals surface area contributed by atoms with Crippen LogP contribution in [-0.4, -0.2) is 47.9 Å². The summed E-state index contributed by atoms with van der Waals surface area (Å²) < 4.78 is 4.77. The van der Waals surface area contributed by atoms with Gasteiger partial charge in [-0.3, -0.25) is 0 Å². The molecule has 2 unspecified atom stereocenters. The van der Waals surface area contributed by atoms with E-state index >= 15 is 0 Å². The molecule has 0 radical (unpaired) electrons. The zero-order valence-electron chi connectivity index (χ0n) is 8.02. The normalized spacial score (nSPS) is 41.2. The van der Waals surface area contributed by atoms with Crippen LogP contribution >= 0.6 is 16.1 Å². The highest BCUT2D eigenvalue weighted by atomic mass is 32.8. The van der Waals surface area contributed by atoms with Gasteiger partial charge in [0.15, 0.2) is 0 Å². The fourth-order valence-electron chi connectivity index (χ4n) is 0.981. The van der Waals surface area contributed by atoms with Gasteiger partial charge in [-0.1, -0.05) is 0 Å². The van der Waals surface area contributed by atoms with Crippen molar-refractivity contribution in [1.29, 1.82) is 0 Å². The molecule has 72 valence electrons. The second-order valence-corrected chi connectivity index (χ2v) is 10.6. The van der Waals surface area contributed by atoms with E-state index in [0.29, 0.717) is 0 Å². The lowest BCUT2D eigenvalue weighted by Crippen LogP contribution is -2.24. The first kappa shape index (κ1) is 11.4. The first-order chi connectivity index (χ1) is 5.54. The molecule has 6 heteroatoms. The largest absolute Gasteiger partial charge is 0.216 e. The Bertz CT molecular complexity index is 172. The Morgan fingerprint density at radius 1 is 1.08 bits per heavy atom. The molecule has 1 aliphatic rings. The van der Waals surface area contributed by atoms with E-state index in [1.54, 1.807) is 0 Å². The van der Waals surface area contributed by atoms with Gasteiger partial charge in [0, 0.05) is 23.9 Å². The molecule has 1 rings (SSSR count). The molecule has 1 saturated heterocycles. The SMILES string of the molecule is CN1P(C)CCP(C)N(C)S1=S. The Labute approximate surface area is 85.2 Å². The van der Waals surface area contributed by atoms with E-state index in [9.17, 15) is 0 Å². The lowest BCUT2D eigenvalue weighted by molar-refractivity contribution is 0.822. The number of hydrogen-bond donors (Lipinski definition) is 0. The third-order valence-corrected chi connectivity index (χ3v) is 11.7. The summed E-state index contributed by atoms with van der Waals surface area (Å²) in [6.07, 6.45) is 2.72. The molecular weight excluding hydrogens is 226 g/mol. The van der Waals surface area contributed by atoms with E-state index in [4.69, 9.17) is 11.2 Å². The standard InChI is InChI=1S/C6H16N2P2S2/c1-7-9(3)5-6-10(4)8(2)12(7)11/h5-6H2,1-4H3. The Kier molecular flexibility index (Phi) is 4.50. The minimum atomic E-state index is -0.0496. The Morgan fingerprint density at radius 2 is 1.42 bits per heavy atom. The second-order valence-electron chi connectivity index (χ2n) is 2.92. The number of nitrogens with zero attached hydrogens (tertiary/aromatic N) is 2. The minimum absolute atomic E-state index is 0.0440. The Balaban J connectivity index is 2.75. The van der Waals surface area contributed by atoms with Crippen LogP contribution in [0.2, 0.25) is 0 Å². The first-order valence-electron chi connectivity index (χ1n) is 3.85. The molecule has 2 atom stereocenters. The summed E-state index contributed by atoms with van der Waals surface area (Å²) in [5, 5.41) is 0. The monoisotopic (exact) mass is 242 g/mol. The van der Waals surface area contributed by atoms with Crippen molar-refractivity contribution < 1.29 is 0 Å². The molecule has 0 aliphatic carbocycles. The van der Waals surface area contributed by atoms with Crippen LogP contribution in [0.1, 0.15) is 0 Å². The van der Waals surface area contributed by atoms with Gasteiger partial charge in [0.1, 0.15) is 0 Å². The summed E-state index contributed by atoms with van der Waals surface area (Å²) in [6.45, 7) is 4.67. The van der Waals surface area contributed by atoms with Gasteiger partial charge >= 0.3 is 0 Å². The molecule has 0 amide bonds. The van der Waals surface area contributed by atoms with Gasteiger partial charge < -0.3 is 0 Å². The highest BCUT2D eigenvalue weighted by Crippen LogP contribution is 2.48. The predicted octanol–water partition coefficient (Wildman–Crippen LogP) is 1.83. The van der Waals surface area contributed by atoms with Crippen LogP contribution in [0.5, 0.6) is 0 Å². The average molecular weight is 242 g/mol. The summed E-state index contributed by atoms with van der Waals surface area (Å²) >= 11 is 5.49. The van der Waals surface area contributed by atoms with Crippen molar-refractivity contribution in [2.75, 3.05) is 39.7 Å². The van der Waals surface area contributed by atoms with Crippen molar-refractivity contribution in [3.05, 3.63) is 0 Å². The summed E-state index contributed by atoms with van der Waals surface area (Å²) in [6, 6.07) is 0. The number of hydrogen-bond acceptors (Lipinski definition) is 1. The molecular formula is C6H16N2P2S2. The lowest BCUT2D eigenvalue weighted by atomic mass is 11.0. The maximum absolute atomic E-state index is 5.49. The fraction of sp³-hybridized carbons (Fsp3) is 1.00. The summed E-state index contributed by atoms with van der Waals surface area (Å²) in [5.74, 6) is 0.